The van der Waals surface area contributed by atoms with E-state index in [0.717, 1.165) is 42.3 Å². The summed E-state index contributed by atoms with van der Waals surface area (Å²) < 4.78 is 36.8. The van der Waals surface area contributed by atoms with Gasteiger partial charge in [-0.1, -0.05) is 30.1 Å². The van der Waals surface area contributed by atoms with E-state index in [1.54, 1.807) is 6.07 Å². The number of alkyl halides is 1. The number of amides is 1. The van der Waals surface area contributed by atoms with Gasteiger partial charge >= 0.3 is 5.97 Å². The maximum absolute atomic E-state index is 15.7. The van der Waals surface area contributed by atoms with Gasteiger partial charge in [0.15, 0.2) is 5.78 Å². The summed E-state index contributed by atoms with van der Waals surface area (Å²) in [4.78, 5) is 40.2. The van der Waals surface area contributed by atoms with Gasteiger partial charge in [0, 0.05) is 41.7 Å². The molecule has 1 saturated carbocycles. The number of carbonyl (C=O) groups excluding carboxylic acids is 2. The number of ether oxygens (including phenoxy) is 1. The number of nitrogens with zero attached hydrogens (tertiary/aromatic N) is 2. The predicted octanol–water partition coefficient (Wildman–Crippen LogP) is 5.55. The number of benzene rings is 2. The van der Waals surface area contributed by atoms with E-state index in [1.165, 1.54) is 13.0 Å². The smallest absolute Gasteiger partial charge is 0.327 e. The van der Waals surface area contributed by atoms with Crippen molar-refractivity contribution in [2.75, 3.05) is 32.8 Å². The van der Waals surface area contributed by atoms with Crippen LogP contribution in [-0.2, 0) is 16.0 Å². The molecular formula is C30H32Cl2F2N2O5. The zero-order valence-electron chi connectivity index (χ0n) is 22.7. The molecule has 41 heavy (non-hydrogen) atoms. The van der Waals surface area contributed by atoms with Crippen LogP contribution in [0.2, 0.25) is 10.0 Å². The number of aliphatic carboxylic acids is 1. The SMILES string of the molecule is CC1C(=O)CN(C(=O)c2cc(C3CC3)c(OCC3(F)CCN(CCc4cc(Cl)cc(Cl)c4)CC3)cc2F)[C@@H]1C(=O)O. The number of likely N-dealkylation sites (tertiary alicyclic amines) is 2. The van der Waals surface area contributed by atoms with Crippen LogP contribution in [0.3, 0.4) is 0 Å². The van der Waals surface area contributed by atoms with Crippen LogP contribution in [0, 0.1) is 11.7 Å². The Morgan fingerprint density at radius 1 is 1.10 bits per heavy atom. The third-order valence-corrected chi connectivity index (χ3v) is 8.82. The maximum Gasteiger partial charge on any atom is 0.327 e. The first-order valence-corrected chi connectivity index (χ1v) is 14.6. The number of halogens is 4. The molecule has 0 spiro atoms. The molecule has 1 aliphatic carbocycles. The van der Waals surface area contributed by atoms with Gasteiger partial charge in [-0.2, -0.15) is 0 Å². The molecule has 2 heterocycles. The molecule has 7 nitrogen and oxygen atoms in total. The largest absolute Gasteiger partial charge is 0.490 e. The van der Waals surface area contributed by atoms with Crippen molar-refractivity contribution in [3.63, 3.8) is 0 Å². The standard InChI is InChI=1S/C30H32Cl2F2N2O5/c1-17-25(37)15-36(27(17)29(39)40)28(38)23-13-22(19-2-3-19)26(14-24(23)33)41-16-30(34)5-8-35(9-6-30)7-4-18-10-20(31)12-21(32)11-18/h10-14,17,19,27H,2-9,15-16H2,1H3,(H,39,40)/t17?,27-/m0/s1. The first kappa shape index (κ1) is 29.7. The quantitative estimate of drug-likeness (QED) is 0.402. The van der Waals surface area contributed by atoms with Gasteiger partial charge < -0.3 is 19.6 Å². The van der Waals surface area contributed by atoms with Crippen LogP contribution in [0.15, 0.2) is 30.3 Å². The van der Waals surface area contributed by atoms with Gasteiger partial charge in [-0.3, -0.25) is 9.59 Å². The Morgan fingerprint density at radius 2 is 1.76 bits per heavy atom. The van der Waals surface area contributed by atoms with Crippen molar-refractivity contribution in [2.24, 2.45) is 5.92 Å². The number of carboxylic acids is 1. The van der Waals surface area contributed by atoms with Crippen LogP contribution in [0.1, 0.15) is 60.0 Å². The molecule has 0 radical (unpaired) electrons. The highest BCUT2D eigenvalue weighted by Gasteiger charge is 2.46. The highest BCUT2D eigenvalue weighted by Crippen LogP contribution is 2.46. The van der Waals surface area contributed by atoms with E-state index in [0.29, 0.717) is 28.7 Å². The van der Waals surface area contributed by atoms with E-state index in [-0.39, 0.29) is 49.0 Å². The topological polar surface area (TPSA) is 87.2 Å². The van der Waals surface area contributed by atoms with Gasteiger partial charge in [-0.15, -0.1) is 0 Å². The summed E-state index contributed by atoms with van der Waals surface area (Å²) in [5.41, 5.74) is -0.274. The Morgan fingerprint density at radius 3 is 2.37 bits per heavy atom. The van der Waals surface area contributed by atoms with Gasteiger partial charge in [0.25, 0.3) is 5.91 Å². The van der Waals surface area contributed by atoms with Crippen molar-refractivity contribution in [1.29, 1.82) is 0 Å². The zero-order valence-corrected chi connectivity index (χ0v) is 24.2. The highest BCUT2D eigenvalue weighted by molar-refractivity contribution is 6.34. The average molecular weight is 609 g/mol. The Kier molecular flexibility index (Phi) is 8.60. The summed E-state index contributed by atoms with van der Waals surface area (Å²) >= 11 is 12.2. The van der Waals surface area contributed by atoms with E-state index in [2.05, 4.69) is 4.90 Å². The van der Waals surface area contributed by atoms with Gasteiger partial charge in [-0.05, 0) is 73.4 Å². The van der Waals surface area contributed by atoms with Gasteiger partial charge in [0.05, 0.1) is 12.1 Å². The Balaban J connectivity index is 1.22. The minimum Gasteiger partial charge on any atom is -0.490 e. The second-order valence-corrected chi connectivity index (χ2v) is 12.3. The van der Waals surface area contributed by atoms with E-state index in [1.807, 2.05) is 12.1 Å². The number of piperidine rings is 1. The number of ketones is 1. The van der Waals surface area contributed by atoms with Crippen molar-refractivity contribution in [3.05, 3.63) is 62.9 Å². The van der Waals surface area contributed by atoms with E-state index < -0.39 is 35.3 Å². The fourth-order valence-corrected chi connectivity index (χ4v) is 6.27. The molecule has 1 unspecified atom stereocenters. The third kappa shape index (κ3) is 6.68. The minimum atomic E-state index is -1.58. The van der Waals surface area contributed by atoms with Gasteiger partial charge in [0.2, 0.25) is 0 Å². The molecule has 3 aliphatic rings. The first-order chi connectivity index (χ1) is 19.4. The molecule has 1 N–H and O–H groups in total. The summed E-state index contributed by atoms with van der Waals surface area (Å²) in [5.74, 6) is -4.09. The van der Waals surface area contributed by atoms with Crippen LogP contribution < -0.4 is 4.74 Å². The molecule has 11 heteroatoms. The molecule has 1 amide bonds. The Labute approximate surface area is 247 Å². The van der Waals surface area contributed by atoms with E-state index in [4.69, 9.17) is 27.9 Å². The monoisotopic (exact) mass is 608 g/mol. The fourth-order valence-electron chi connectivity index (χ4n) is 5.70. The highest BCUT2D eigenvalue weighted by atomic mass is 35.5. The molecule has 2 atom stereocenters. The second kappa shape index (κ2) is 11.9. The summed E-state index contributed by atoms with van der Waals surface area (Å²) in [5, 5.41) is 10.7. The van der Waals surface area contributed by atoms with Gasteiger partial charge in [0.1, 0.15) is 29.9 Å². The number of rotatable bonds is 9. The van der Waals surface area contributed by atoms with Crippen molar-refractivity contribution in [2.45, 2.75) is 56.7 Å². The molecule has 220 valence electrons. The molecule has 2 aromatic rings. The summed E-state index contributed by atoms with van der Waals surface area (Å²) in [6.07, 6.45) is 2.90. The van der Waals surface area contributed by atoms with Crippen LogP contribution >= 0.6 is 23.2 Å². The normalized spacial score (nSPS) is 22.7. The maximum atomic E-state index is 15.7. The molecule has 2 aliphatic heterocycles. The zero-order chi connectivity index (χ0) is 29.5. The number of hydrogen-bond donors (Lipinski definition) is 1. The summed E-state index contributed by atoms with van der Waals surface area (Å²) in [7, 11) is 0. The minimum absolute atomic E-state index is 0.0453. The van der Waals surface area contributed by atoms with Gasteiger partial charge in [-0.25, -0.2) is 13.6 Å². The lowest BCUT2D eigenvalue weighted by Gasteiger charge is -2.36. The summed E-state index contributed by atoms with van der Waals surface area (Å²) in [6.45, 7) is 2.65. The first-order valence-electron chi connectivity index (χ1n) is 13.8. The second-order valence-electron chi connectivity index (χ2n) is 11.4. The van der Waals surface area contributed by atoms with Crippen molar-refractivity contribution < 1.29 is 33.0 Å². The predicted molar refractivity (Wildman–Crippen MR) is 150 cm³/mol. The Bertz CT molecular complexity index is 1340. The van der Waals surface area contributed by atoms with Crippen molar-refractivity contribution in [1.82, 2.24) is 9.80 Å². The molecule has 2 saturated heterocycles. The van der Waals surface area contributed by atoms with Crippen molar-refractivity contribution in [3.8, 4) is 5.75 Å². The molecule has 0 bridgehead atoms. The van der Waals surface area contributed by atoms with E-state index >= 15 is 8.78 Å². The number of carboxylic acid groups (broad SMARTS) is 1. The molecule has 5 rings (SSSR count). The lowest BCUT2D eigenvalue weighted by atomic mass is 9.94. The molecule has 3 fully saturated rings. The lowest BCUT2D eigenvalue weighted by Crippen LogP contribution is -2.45. The fraction of sp³-hybridized carbons (Fsp3) is 0.500. The number of carbonyl (C=O) groups is 3. The van der Waals surface area contributed by atoms with Crippen molar-refractivity contribution >= 4 is 40.9 Å². The van der Waals surface area contributed by atoms with Crippen LogP contribution in [0.5, 0.6) is 5.75 Å². The Hall–Kier alpha value is -2.75. The van der Waals surface area contributed by atoms with Crippen LogP contribution in [0.25, 0.3) is 0 Å². The number of hydrogen-bond acceptors (Lipinski definition) is 5. The van der Waals surface area contributed by atoms with Crippen LogP contribution in [-0.4, -0.2) is 77.1 Å². The number of Topliss-reactive ketones (excluding diaryl/α,β-unsaturated/α-hetero) is 1. The summed E-state index contributed by atoms with van der Waals surface area (Å²) in [6, 6.07) is 6.54. The van der Waals surface area contributed by atoms with Crippen LogP contribution in [0.4, 0.5) is 8.78 Å². The molecule has 2 aromatic carbocycles. The van der Waals surface area contributed by atoms with E-state index in [9.17, 15) is 19.5 Å². The molecule has 0 aromatic heterocycles. The third-order valence-electron chi connectivity index (χ3n) is 8.38. The lowest BCUT2D eigenvalue weighted by molar-refractivity contribution is -0.143. The average Bonchev–Trinajstić information content (AvgIpc) is 3.71. The molecular weight excluding hydrogens is 577 g/mol.